The largest absolute Gasteiger partial charge is 0.486 e. The molecule has 0 fully saturated rings. The zero-order valence-electron chi connectivity index (χ0n) is 12.9. The van der Waals surface area contributed by atoms with Gasteiger partial charge in [-0.25, -0.2) is 4.98 Å². The second-order valence-corrected chi connectivity index (χ2v) is 5.27. The Morgan fingerprint density at radius 1 is 1.39 bits per heavy atom. The summed E-state index contributed by atoms with van der Waals surface area (Å²) in [6.45, 7) is 3.17. The van der Waals surface area contributed by atoms with Crippen molar-refractivity contribution < 1.29 is 19.4 Å². The molecule has 0 spiro atoms. The van der Waals surface area contributed by atoms with Crippen molar-refractivity contribution in [1.29, 1.82) is 0 Å². The summed E-state index contributed by atoms with van der Waals surface area (Å²) in [7, 11) is 0. The van der Waals surface area contributed by atoms with Gasteiger partial charge in [0.05, 0.1) is 30.6 Å². The summed E-state index contributed by atoms with van der Waals surface area (Å²) in [4.78, 5) is 21.6. The molecule has 1 amide bonds. The topological polar surface area (TPSA) is 87.7 Å². The van der Waals surface area contributed by atoms with E-state index in [1.165, 1.54) is 0 Å². The third-order valence-corrected chi connectivity index (χ3v) is 3.57. The maximum absolute atomic E-state index is 12.9. The number of benzene rings is 1. The number of aromatic amines is 1. The number of H-pyrrole nitrogens is 1. The first-order valence-corrected chi connectivity index (χ1v) is 7.48. The number of hydrogen-bond acceptors (Lipinski definition) is 5. The van der Waals surface area contributed by atoms with Gasteiger partial charge in [0, 0.05) is 6.54 Å². The molecule has 2 heterocycles. The van der Waals surface area contributed by atoms with Crippen molar-refractivity contribution in [2.24, 2.45) is 0 Å². The molecule has 23 heavy (non-hydrogen) atoms. The molecule has 7 nitrogen and oxygen atoms in total. The normalized spacial score (nSPS) is 13.0. The zero-order chi connectivity index (χ0) is 16.2. The summed E-state index contributed by atoms with van der Waals surface area (Å²) in [6, 6.07) is 5.25. The Balaban J connectivity index is 1.86. The lowest BCUT2D eigenvalue weighted by Gasteiger charge is -2.25. The van der Waals surface area contributed by atoms with Gasteiger partial charge in [-0.1, -0.05) is 6.07 Å². The lowest BCUT2D eigenvalue weighted by molar-refractivity contribution is 0.0695. The van der Waals surface area contributed by atoms with Crippen LogP contribution in [0.15, 0.2) is 24.4 Å². The number of aryl methyl sites for hydroxylation is 1. The van der Waals surface area contributed by atoms with Gasteiger partial charge < -0.3 is 24.5 Å². The highest BCUT2D eigenvalue weighted by Crippen LogP contribution is 2.34. The van der Waals surface area contributed by atoms with Crippen LogP contribution in [0.5, 0.6) is 11.5 Å². The smallest absolute Gasteiger partial charge is 0.258 e. The number of carbonyl (C=O) groups is 1. The minimum absolute atomic E-state index is 0.120. The molecule has 0 atom stereocenters. The SMILES string of the molecule is Cc1ncc(CN(CCO)C(=O)c2cccc3c2OCCO3)[nH]1. The molecule has 1 aromatic carbocycles. The summed E-state index contributed by atoms with van der Waals surface area (Å²) in [6.07, 6.45) is 1.69. The van der Waals surface area contributed by atoms with Crippen molar-refractivity contribution in [3.63, 3.8) is 0 Å². The molecule has 0 saturated carbocycles. The maximum atomic E-state index is 12.9. The van der Waals surface area contributed by atoms with E-state index in [-0.39, 0.29) is 19.1 Å². The van der Waals surface area contributed by atoms with Crippen LogP contribution in [0, 0.1) is 6.92 Å². The molecule has 0 unspecified atom stereocenters. The number of nitrogens with zero attached hydrogens (tertiary/aromatic N) is 2. The molecule has 2 N–H and O–H groups in total. The fourth-order valence-electron chi connectivity index (χ4n) is 2.54. The van der Waals surface area contributed by atoms with E-state index in [1.54, 1.807) is 29.3 Å². The fourth-order valence-corrected chi connectivity index (χ4v) is 2.54. The number of carbonyl (C=O) groups excluding carboxylic acids is 1. The van der Waals surface area contributed by atoms with Crippen molar-refractivity contribution in [2.75, 3.05) is 26.4 Å². The van der Waals surface area contributed by atoms with Crippen LogP contribution in [-0.2, 0) is 6.54 Å². The van der Waals surface area contributed by atoms with Gasteiger partial charge in [0.15, 0.2) is 11.5 Å². The lowest BCUT2D eigenvalue weighted by atomic mass is 10.1. The van der Waals surface area contributed by atoms with E-state index in [4.69, 9.17) is 9.47 Å². The number of fused-ring (bicyclic) bond motifs is 1. The van der Waals surface area contributed by atoms with Gasteiger partial charge in [-0.15, -0.1) is 0 Å². The van der Waals surface area contributed by atoms with E-state index in [0.717, 1.165) is 11.5 Å². The number of hydrogen-bond donors (Lipinski definition) is 2. The number of aromatic nitrogens is 2. The third-order valence-electron chi connectivity index (χ3n) is 3.57. The van der Waals surface area contributed by atoms with Gasteiger partial charge in [0.25, 0.3) is 5.91 Å². The highest BCUT2D eigenvalue weighted by Gasteiger charge is 2.24. The van der Waals surface area contributed by atoms with Gasteiger partial charge >= 0.3 is 0 Å². The number of rotatable bonds is 5. The molecule has 0 saturated heterocycles. The number of aliphatic hydroxyl groups is 1. The van der Waals surface area contributed by atoms with Crippen molar-refractivity contribution in [1.82, 2.24) is 14.9 Å². The Bertz CT molecular complexity index is 698. The van der Waals surface area contributed by atoms with Gasteiger partial charge in [-0.05, 0) is 19.1 Å². The molecule has 2 aromatic rings. The van der Waals surface area contributed by atoms with Crippen LogP contribution >= 0.6 is 0 Å². The first-order valence-electron chi connectivity index (χ1n) is 7.48. The predicted octanol–water partition coefficient (Wildman–Crippen LogP) is 1.12. The van der Waals surface area contributed by atoms with Crippen molar-refractivity contribution >= 4 is 5.91 Å². The third kappa shape index (κ3) is 3.29. The second-order valence-electron chi connectivity index (χ2n) is 5.27. The average Bonchev–Trinajstić information content (AvgIpc) is 2.98. The van der Waals surface area contributed by atoms with Crippen LogP contribution < -0.4 is 9.47 Å². The number of ether oxygens (including phenoxy) is 2. The summed E-state index contributed by atoms with van der Waals surface area (Å²) in [5, 5.41) is 9.28. The molecular formula is C16H19N3O4. The van der Waals surface area contributed by atoms with Crippen LogP contribution in [0.3, 0.4) is 0 Å². The standard InChI is InChI=1S/C16H19N3O4/c1-11-17-9-12(18-11)10-19(5-6-20)16(21)13-3-2-4-14-15(13)23-8-7-22-14/h2-4,9,20H,5-8,10H2,1H3,(H,17,18). The monoisotopic (exact) mass is 317 g/mol. The number of imidazole rings is 1. The minimum Gasteiger partial charge on any atom is -0.486 e. The quantitative estimate of drug-likeness (QED) is 0.863. The van der Waals surface area contributed by atoms with Crippen LogP contribution in [0.25, 0.3) is 0 Å². The molecule has 7 heteroatoms. The molecule has 1 aliphatic heterocycles. The molecule has 1 aromatic heterocycles. The minimum atomic E-state index is -0.214. The summed E-state index contributed by atoms with van der Waals surface area (Å²) in [5.41, 5.74) is 1.25. The van der Waals surface area contributed by atoms with E-state index in [1.807, 2.05) is 6.92 Å². The summed E-state index contributed by atoms with van der Waals surface area (Å²) < 4.78 is 11.1. The van der Waals surface area contributed by atoms with Crippen LogP contribution in [0.4, 0.5) is 0 Å². The average molecular weight is 317 g/mol. The number of nitrogens with one attached hydrogen (secondary N) is 1. The van der Waals surface area contributed by atoms with Crippen LogP contribution in [-0.4, -0.2) is 52.2 Å². The molecule has 1 aliphatic rings. The Morgan fingerprint density at radius 2 is 2.22 bits per heavy atom. The summed E-state index contributed by atoms with van der Waals surface area (Å²) >= 11 is 0. The Kier molecular flexibility index (Phi) is 4.47. The number of para-hydroxylation sites is 1. The summed E-state index contributed by atoms with van der Waals surface area (Å²) in [5.74, 6) is 1.61. The number of aliphatic hydroxyl groups excluding tert-OH is 1. The van der Waals surface area contributed by atoms with E-state index >= 15 is 0 Å². The number of amides is 1. The molecule has 3 rings (SSSR count). The highest BCUT2D eigenvalue weighted by molar-refractivity contribution is 5.97. The van der Waals surface area contributed by atoms with Gasteiger partial charge in [0.1, 0.15) is 19.0 Å². The Hall–Kier alpha value is -2.54. The fraction of sp³-hybridized carbons (Fsp3) is 0.375. The first-order chi connectivity index (χ1) is 11.2. The van der Waals surface area contributed by atoms with Crippen molar-refractivity contribution in [3.8, 4) is 11.5 Å². The van der Waals surface area contributed by atoms with Crippen LogP contribution in [0.2, 0.25) is 0 Å². The van der Waals surface area contributed by atoms with Gasteiger partial charge in [-0.3, -0.25) is 4.79 Å². The highest BCUT2D eigenvalue weighted by atomic mass is 16.6. The van der Waals surface area contributed by atoms with Crippen molar-refractivity contribution in [3.05, 3.63) is 41.5 Å². The maximum Gasteiger partial charge on any atom is 0.258 e. The Labute approximate surface area is 133 Å². The van der Waals surface area contributed by atoms with Gasteiger partial charge in [0.2, 0.25) is 0 Å². The Morgan fingerprint density at radius 3 is 2.96 bits per heavy atom. The predicted molar refractivity (Wildman–Crippen MR) is 82.6 cm³/mol. The van der Waals surface area contributed by atoms with Gasteiger partial charge in [-0.2, -0.15) is 0 Å². The molecule has 0 bridgehead atoms. The second kappa shape index (κ2) is 6.70. The lowest BCUT2D eigenvalue weighted by Crippen LogP contribution is -2.34. The van der Waals surface area contributed by atoms with Crippen LogP contribution in [0.1, 0.15) is 21.9 Å². The van der Waals surface area contributed by atoms with E-state index in [2.05, 4.69) is 9.97 Å². The van der Waals surface area contributed by atoms with E-state index < -0.39 is 0 Å². The molecule has 0 radical (unpaired) electrons. The van der Waals surface area contributed by atoms with E-state index in [0.29, 0.717) is 36.8 Å². The van der Waals surface area contributed by atoms with E-state index in [9.17, 15) is 9.90 Å². The molecule has 0 aliphatic carbocycles. The first kappa shape index (κ1) is 15.4. The molecule has 122 valence electrons. The van der Waals surface area contributed by atoms with Crippen molar-refractivity contribution in [2.45, 2.75) is 13.5 Å². The molecular weight excluding hydrogens is 298 g/mol. The zero-order valence-corrected chi connectivity index (χ0v) is 12.9.